The molecule has 2 unspecified atom stereocenters. The second kappa shape index (κ2) is 6.23. The number of carbonyl (C=O) groups is 3. The van der Waals surface area contributed by atoms with Gasteiger partial charge in [0.1, 0.15) is 11.6 Å². The Bertz CT molecular complexity index is 341. The van der Waals surface area contributed by atoms with Crippen LogP contribution in [-0.4, -0.2) is 34.6 Å². The van der Waals surface area contributed by atoms with E-state index in [0.717, 1.165) is 0 Å². The molecule has 7 heteroatoms. The summed E-state index contributed by atoms with van der Waals surface area (Å²) in [6.45, 7) is 6.36. The first-order valence-electron chi connectivity index (χ1n) is 5.73. The number of amides is 3. The van der Waals surface area contributed by atoms with E-state index in [1.54, 1.807) is 6.92 Å². The molecule has 0 radical (unpaired) electrons. The zero-order valence-corrected chi connectivity index (χ0v) is 11.1. The van der Waals surface area contributed by atoms with E-state index in [-0.39, 0.29) is 5.92 Å². The Labute approximate surface area is 106 Å². The van der Waals surface area contributed by atoms with Gasteiger partial charge in [-0.1, -0.05) is 20.3 Å². The average molecular weight is 259 g/mol. The molecule has 0 fully saturated rings. The van der Waals surface area contributed by atoms with Crippen LogP contribution in [0.2, 0.25) is 0 Å². The molecular weight excluding hydrogens is 238 g/mol. The van der Waals surface area contributed by atoms with Crippen LogP contribution in [-0.2, 0) is 9.59 Å². The number of carboxylic acid groups (broad SMARTS) is 1. The summed E-state index contributed by atoms with van der Waals surface area (Å²) in [4.78, 5) is 33.7. The SMILES string of the molecule is CCC(C)C(NC(N)=O)C(=O)NC(C)(C)C(=O)O. The predicted molar refractivity (Wildman–Crippen MR) is 65.8 cm³/mol. The number of hydrogen-bond donors (Lipinski definition) is 4. The van der Waals surface area contributed by atoms with Crippen LogP contribution in [0, 0.1) is 5.92 Å². The zero-order chi connectivity index (χ0) is 14.5. The van der Waals surface area contributed by atoms with Gasteiger partial charge in [0.2, 0.25) is 5.91 Å². The number of rotatable bonds is 6. The van der Waals surface area contributed by atoms with Crippen LogP contribution < -0.4 is 16.4 Å². The lowest BCUT2D eigenvalue weighted by Crippen LogP contribution is -2.58. The zero-order valence-electron chi connectivity index (χ0n) is 11.1. The molecule has 0 saturated heterocycles. The van der Waals surface area contributed by atoms with Gasteiger partial charge in [0.15, 0.2) is 0 Å². The molecule has 18 heavy (non-hydrogen) atoms. The molecule has 0 aromatic heterocycles. The summed E-state index contributed by atoms with van der Waals surface area (Å²) in [5.41, 5.74) is 3.60. The first kappa shape index (κ1) is 16.2. The highest BCUT2D eigenvalue weighted by molar-refractivity contribution is 5.91. The number of nitrogens with two attached hydrogens (primary N) is 1. The van der Waals surface area contributed by atoms with Crippen molar-refractivity contribution in [3.05, 3.63) is 0 Å². The number of hydrogen-bond acceptors (Lipinski definition) is 3. The van der Waals surface area contributed by atoms with Crippen LogP contribution in [0.1, 0.15) is 34.1 Å². The molecule has 0 aliphatic heterocycles. The molecule has 0 saturated carbocycles. The molecule has 5 N–H and O–H groups in total. The van der Waals surface area contributed by atoms with E-state index in [9.17, 15) is 14.4 Å². The number of carboxylic acids is 1. The molecule has 0 aliphatic rings. The highest BCUT2D eigenvalue weighted by Crippen LogP contribution is 2.10. The first-order valence-corrected chi connectivity index (χ1v) is 5.73. The third-order valence-corrected chi connectivity index (χ3v) is 2.76. The first-order chi connectivity index (χ1) is 8.11. The molecule has 104 valence electrons. The van der Waals surface area contributed by atoms with Gasteiger partial charge in [0.05, 0.1) is 0 Å². The van der Waals surface area contributed by atoms with E-state index in [4.69, 9.17) is 10.8 Å². The summed E-state index contributed by atoms with van der Waals surface area (Å²) < 4.78 is 0. The standard InChI is InChI=1S/C11H21N3O4/c1-5-6(2)7(13-10(12)18)8(15)14-11(3,4)9(16)17/h6-7H,5H2,1-4H3,(H,14,15)(H,16,17)(H3,12,13,18). The Morgan fingerprint density at radius 1 is 1.33 bits per heavy atom. The van der Waals surface area contributed by atoms with Crippen molar-refractivity contribution >= 4 is 17.9 Å². The van der Waals surface area contributed by atoms with Crippen LogP contribution in [0.5, 0.6) is 0 Å². The fourth-order valence-corrected chi connectivity index (χ4v) is 1.29. The number of carbonyl (C=O) groups excluding carboxylic acids is 2. The highest BCUT2D eigenvalue weighted by atomic mass is 16.4. The molecule has 7 nitrogen and oxygen atoms in total. The summed E-state index contributed by atoms with van der Waals surface area (Å²) >= 11 is 0. The minimum atomic E-state index is -1.40. The van der Waals surface area contributed by atoms with Gasteiger partial charge in [0, 0.05) is 0 Å². The van der Waals surface area contributed by atoms with E-state index in [1.807, 2.05) is 6.92 Å². The number of nitrogens with one attached hydrogen (secondary N) is 2. The summed E-state index contributed by atoms with van der Waals surface area (Å²) in [7, 11) is 0. The Morgan fingerprint density at radius 3 is 2.17 bits per heavy atom. The van der Waals surface area contributed by atoms with Gasteiger partial charge in [-0.3, -0.25) is 4.79 Å². The second-order valence-electron chi connectivity index (χ2n) is 4.79. The lowest BCUT2D eigenvalue weighted by molar-refractivity contribution is -0.146. The van der Waals surface area contributed by atoms with Gasteiger partial charge in [-0.15, -0.1) is 0 Å². The summed E-state index contributed by atoms with van der Waals surface area (Å²) in [5, 5.41) is 13.6. The Morgan fingerprint density at radius 2 is 1.83 bits per heavy atom. The van der Waals surface area contributed by atoms with Crippen molar-refractivity contribution in [2.75, 3.05) is 0 Å². The number of primary amides is 1. The molecule has 2 atom stereocenters. The van der Waals surface area contributed by atoms with E-state index < -0.39 is 29.5 Å². The lowest BCUT2D eigenvalue weighted by Gasteiger charge is -2.27. The molecule has 0 rings (SSSR count). The van der Waals surface area contributed by atoms with Crippen molar-refractivity contribution in [2.45, 2.75) is 45.7 Å². The minimum Gasteiger partial charge on any atom is -0.480 e. The molecular formula is C11H21N3O4. The summed E-state index contributed by atoms with van der Waals surface area (Å²) in [6, 6.07) is -1.66. The topological polar surface area (TPSA) is 122 Å². The van der Waals surface area contributed by atoms with Gasteiger partial charge in [-0.2, -0.15) is 0 Å². The van der Waals surface area contributed by atoms with E-state index in [2.05, 4.69) is 10.6 Å². The Hall–Kier alpha value is -1.79. The van der Waals surface area contributed by atoms with Gasteiger partial charge >= 0.3 is 12.0 Å². The second-order valence-corrected chi connectivity index (χ2v) is 4.79. The van der Waals surface area contributed by atoms with Crippen LogP contribution in [0.3, 0.4) is 0 Å². The van der Waals surface area contributed by atoms with Gasteiger partial charge in [-0.05, 0) is 19.8 Å². The van der Waals surface area contributed by atoms with Crippen molar-refractivity contribution < 1.29 is 19.5 Å². The average Bonchev–Trinajstić information content (AvgIpc) is 2.23. The maximum Gasteiger partial charge on any atom is 0.328 e. The predicted octanol–water partition coefficient (Wildman–Crippen LogP) is 0.0488. The highest BCUT2D eigenvalue weighted by Gasteiger charge is 2.33. The van der Waals surface area contributed by atoms with Crippen molar-refractivity contribution in [3.63, 3.8) is 0 Å². The van der Waals surface area contributed by atoms with Gasteiger partial charge in [-0.25, -0.2) is 9.59 Å². The molecule has 0 aromatic rings. The molecule has 0 bridgehead atoms. The van der Waals surface area contributed by atoms with Gasteiger partial charge in [0.25, 0.3) is 0 Å². The third-order valence-electron chi connectivity index (χ3n) is 2.76. The summed E-state index contributed by atoms with van der Waals surface area (Å²) in [5.74, 6) is -1.87. The van der Waals surface area contributed by atoms with Gasteiger partial charge < -0.3 is 21.5 Å². The Balaban J connectivity index is 4.87. The minimum absolute atomic E-state index is 0.151. The van der Waals surface area contributed by atoms with Crippen molar-refractivity contribution in [1.82, 2.24) is 10.6 Å². The summed E-state index contributed by atoms with van der Waals surface area (Å²) in [6.07, 6.45) is 0.645. The van der Waals surface area contributed by atoms with Crippen molar-refractivity contribution in [1.29, 1.82) is 0 Å². The fourth-order valence-electron chi connectivity index (χ4n) is 1.29. The third kappa shape index (κ3) is 4.60. The monoisotopic (exact) mass is 259 g/mol. The smallest absolute Gasteiger partial charge is 0.328 e. The maximum absolute atomic E-state index is 12.0. The van der Waals surface area contributed by atoms with E-state index in [1.165, 1.54) is 13.8 Å². The molecule has 0 aliphatic carbocycles. The van der Waals surface area contributed by atoms with E-state index >= 15 is 0 Å². The van der Waals surface area contributed by atoms with Crippen LogP contribution in [0.4, 0.5) is 4.79 Å². The van der Waals surface area contributed by atoms with Crippen molar-refractivity contribution in [2.24, 2.45) is 11.7 Å². The largest absolute Gasteiger partial charge is 0.480 e. The quantitative estimate of drug-likeness (QED) is 0.538. The van der Waals surface area contributed by atoms with Crippen LogP contribution in [0.15, 0.2) is 0 Å². The van der Waals surface area contributed by atoms with Crippen LogP contribution in [0.25, 0.3) is 0 Å². The number of urea groups is 1. The molecule has 3 amide bonds. The molecule has 0 spiro atoms. The lowest BCUT2D eigenvalue weighted by atomic mass is 9.96. The maximum atomic E-state index is 12.0. The number of aliphatic carboxylic acids is 1. The fraction of sp³-hybridized carbons (Fsp3) is 0.727. The van der Waals surface area contributed by atoms with E-state index in [0.29, 0.717) is 6.42 Å². The van der Waals surface area contributed by atoms with Crippen molar-refractivity contribution in [3.8, 4) is 0 Å². The molecule has 0 heterocycles. The molecule has 0 aromatic carbocycles. The Kier molecular flexibility index (Phi) is 5.61. The van der Waals surface area contributed by atoms with Crippen LogP contribution >= 0.6 is 0 Å². The normalized spacial score (nSPS) is 14.4.